The molecule has 0 fully saturated rings. The molecule has 124 valence electrons. The Labute approximate surface area is 150 Å². The first-order valence-electron chi connectivity index (χ1n) is 8.06. The fourth-order valence-electron chi connectivity index (χ4n) is 2.74. The summed E-state index contributed by atoms with van der Waals surface area (Å²) in [4.78, 5) is 8.68. The zero-order chi connectivity index (χ0) is 17.1. The van der Waals surface area contributed by atoms with Gasteiger partial charge in [0.15, 0.2) is 5.65 Å². The highest BCUT2D eigenvalue weighted by molar-refractivity contribution is 6.28. The van der Waals surface area contributed by atoms with Crippen LogP contribution >= 0.6 is 11.6 Å². The summed E-state index contributed by atoms with van der Waals surface area (Å²) < 4.78 is 1.77. The van der Waals surface area contributed by atoms with Gasteiger partial charge in [0, 0.05) is 6.54 Å². The molecule has 25 heavy (non-hydrogen) atoms. The van der Waals surface area contributed by atoms with E-state index in [0.717, 1.165) is 24.0 Å². The third-order valence-corrected chi connectivity index (χ3v) is 4.12. The normalized spacial score (nSPS) is 10.9. The number of benzene rings is 2. The molecule has 4 rings (SSSR count). The summed E-state index contributed by atoms with van der Waals surface area (Å²) in [6.07, 6.45) is 2.67. The monoisotopic (exact) mass is 349 g/mol. The standard InChI is InChI=1S/C19H16ClN5/c20-19-23-17(21-12-11-14-7-3-1-4-8-14)16-13-22-25(18(16)24-19)15-9-5-2-6-10-15/h1-10,13H,11-12H2,(H,21,23,24). The van der Waals surface area contributed by atoms with E-state index in [1.807, 2.05) is 48.5 Å². The van der Waals surface area contributed by atoms with Gasteiger partial charge in [0.1, 0.15) is 5.82 Å². The molecule has 0 radical (unpaired) electrons. The van der Waals surface area contributed by atoms with Crippen molar-refractivity contribution in [3.8, 4) is 5.69 Å². The van der Waals surface area contributed by atoms with E-state index in [2.05, 4.69) is 32.5 Å². The van der Waals surface area contributed by atoms with Crippen LogP contribution in [0.4, 0.5) is 5.82 Å². The third-order valence-electron chi connectivity index (χ3n) is 3.95. The number of rotatable bonds is 5. The zero-order valence-corrected chi connectivity index (χ0v) is 14.2. The maximum atomic E-state index is 6.13. The van der Waals surface area contributed by atoms with E-state index in [1.165, 1.54) is 5.56 Å². The molecule has 5 nitrogen and oxygen atoms in total. The van der Waals surface area contributed by atoms with Crippen LogP contribution in [-0.2, 0) is 6.42 Å². The Bertz CT molecular complexity index is 983. The topological polar surface area (TPSA) is 55.6 Å². The van der Waals surface area contributed by atoms with Gasteiger partial charge in [0.05, 0.1) is 17.3 Å². The number of hydrogen-bond acceptors (Lipinski definition) is 4. The number of fused-ring (bicyclic) bond motifs is 1. The molecule has 0 saturated heterocycles. The molecule has 0 unspecified atom stereocenters. The summed E-state index contributed by atoms with van der Waals surface area (Å²) in [5, 5.41) is 8.85. The van der Waals surface area contributed by atoms with Gasteiger partial charge in [-0.25, -0.2) is 4.68 Å². The molecule has 0 aliphatic carbocycles. The van der Waals surface area contributed by atoms with Crippen molar-refractivity contribution in [2.75, 3.05) is 11.9 Å². The van der Waals surface area contributed by atoms with Crippen LogP contribution in [0, 0.1) is 0 Å². The molecule has 0 saturated carbocycles. The van der Waals surface area contributed by atoms with Gasteiger partial charge in [-0.15, -0.1) is 0 Å². The summed E-state index contributed by atoms with van der Waals surface area (Å²) in [6, 6.07) is 20.2. The van der Waals surface area contributed by atoms with Crippen LogP contribution in [0.15, 0.2) is 66.9 Å². The second-order valence-corrected chi connectivity index (χ2v) is 5.97. The van der Waals surface area contributed by atoms with Gasteiger partial charge < -0.3 is 5.32 Å². The Morgan fingerprint density at radius 2 is 1.64 bits per heavy atom. The lowest BCUT2D eigenvalue weighted by atomic mass is 10.1. The first-order chi connectivity index (χ1) is 12.3. The van der Waals surface area contributed by atoms with E-state index in [0.29, 0.717) is 11.5 Å². The average molecular weight is 350 g/mol. The van der Waals surface area contributed by atoms with Gasteiger partial charge >= 0.3 is 0 Å². The molecule has 2 aromatic heterocycles. The lowest BCUT2D eigenvalue weighted by molar-refractivity contribution is 0.895. The van der Waals surface area contributed by atoms with E-state index in [-0.39, 0.29) is 5.28 Å². The lowest BCUT2D eigenvalue weighted by Crippen LogP contribution is -2.07. The van der Waals surface area contributed by atoms with Crippen LogP contribution in [0.5, 0.6) is 0 Å². The first-order valence-corrected chi connectivity index (χ1v) is 8.43. The van der Waals surface area contributed by atoms with E-state index in [4.69, 9.17) is 11.6 Å². The molecule has 6 heteroatoms. The molecule has 4 aromatic rings. The fraction of sp³-hybridized carbons (Fsp3) is 0.105. The SMILES string of the molecule is Clc1nc(NCCc2ccccc2)c2cnn(-c3ccccc3)c2n1. The highest BCUT2D eigenvalue weighted by atomic mass is 35.5. The molecule has 0 bridgehead atoms. The molecular weight excluding hydrogens is 334 g/mol. The minimum absolute atomic E-state index is 0.201. The summed E-state index contributed by atoms with van der Waals surface area (Å²) in [6.45, 7) is 0.753. The largest absolute Gasteiger partial charge is 0.369 e. The molecule has 0 atom stereocenters. The molecule has 0 amide bonds. The van der Waals surface area contributed by atoms with Crippen LogP contribution in [0.1, 0.15) is 5.56 Å². The summed E-state index contributed by atoms with van der Waals surface area (Å²) in [5.41, 5.74) is 2.89. The van der Waals surface area contributed by atoms with Crippen molar-refractivity contribution in [1.29, 1.82) is 0 Å². The van der Waals surface area contributed by atoms with E-state index in [1.54, 1.807) is 10.9 Å². The Balaban J connectivity index is 1.62. The van der Waals surface area contributed by atoms with Crippen molar-refractivity contribution >= 4 is 28.5 Å². The van der Waals surface area contributed by atoms with E-state index in [9.17, 15) is 0 Å². The second-order valence-electron chi connectivity index (χ2n) is 5.63. The molecule has 2 aromatic carbocycles. The smallest absolute Gasteiger partial charge is 0.226 e. The molecule has 0 spiro atoms. The van der Waals surface area contributed by atoms with Crippen LogP contribution in [0.25, 0.3) is 16.7 Å². The van der Waals surface area contributed by atoms with Crippen molar-refractivity contribution in [2.45, 2.75) is 6.42 Å². The fourth-order valence-corrected chi connectivity index (χ4v) is 2.91. The third kappa shape index (κ3) is 3.32. The van der Waals surface area contributed by atoms with E-state index < -0.39 is 0 Å². The highest BCUT2D eigenvalue weighted by Crippen LogP contribution is 2.24. The minimum Gasteiger partial charge on any atom is -0.369 e. The summed E-state index contributed by atoms with van der Waals surface area (Å²) in [5.74, 6) is 0.702. The number of aromatic nitrogens is 4. The highest BCUT2D eigenvalue weighted by Gasteiger charge is 2.13. The number of nitrogens with one attached hydrogen (secondary N) is 1. The summed E-state index contributed by atoms with van der Waals surface area (Å²) >= 11 is 6.13. The predicted molar refractivity (Wildman–Crippen MR) is 100 cm³/mol. The van der Waals surface area contributed by atoms with Crippen LogP contribution < -0.4 is 5.32 Å². The van der Waals surface area contributed by atoms with Gasteiger partial charge in [-0.2, -0.15) is 15.1 Å². The number of para-hydroxylation sites is 1. The van der Waals surface area contributed by atoms with Crippen molar-refractivity contribution in [2.24, 2.45) is 0 Å². The van der Waals surface area contributed by atoms with Crippen LogP contribution in [0.2, 0.25) is 5.28 Å². The lowest BCUT2D eigenvalue weighted by Gasteiger charge is -2.08. The maximum absolute atomic E-state index is 6.13. The molecular formula is C19H16ClN5. The summed E-state index contributed by atoms with van der Waals surface area (Å²) in [7, 11) is 0. The molecule has 0 aliphatic heterocycles. The minimum atomic E-state index is 0.201. The number of anilines is 1. The van der Waals surface area contributed by atoms with Gasteiger partial charge in [0.25, 0.3) is 0 Å². The van der Waals surface area contributed by atoms with Gasteiger partial charge in [-0.1, -0.05) is 48.5 Å². The number of nitrogens with zero attached hydrogens (tertiary/aromatic N) is 4. The van der Waals surface area contributed by atoms with Gasteiger partial charge in [-0.05, 0) is 35.7 Å². The number of halogens is 1. The number of hydrogen-bond donors (Lipinski definition) is 1. The zero-order valence-electron chi connectivity index (χ0n) is 13.4. The van der Waals surface area contributed by atoms with Crippen LogP contribution in [0.3, 0.4) is 0 Å². The first kappa shape index (κ1) is 15.6. The van der Waals surface area contributed by atoms with Crippen molar-refractivity contribution in [3.63, 3.8) is 0 Å². The predicted octanol–water partition coefficient (Wildman–Crippen LogP) is 4.12. The van der Waals surface area contributed by atoms with Crippen molar-refractivity contribution < 1.29 is 0 Å². The van der Waals surface area contributed by atoms with Crippen molar-refractivity contribution in [3.05, 3.63) is 77.7 Å². The Kier molecular flexibility index (Phi) is 4.31. The van der Waals surface area contributed by atoms with Gasteiger partial charge in [0.2, 0.25) is 5.28 Å². The Morgan fingerprint density at radius 1 is 0.920 bits per heavy atom. The second kappa shape index (κ2) is 6.91. The maximum Gasteiger partial charge on any atom is 0.226 e. The van der Waals surface area contributed by atoms with E-state index >= 15 is 0 Å². The Hall–Kier alpha value is -2.92. The quantitative estimate of drug-likeness (QED) is 0.550. The Morgan fingerprint density at radius 3 is 2.40 bits per heavy atom. The van der Waals surface area contributed by atoms with Crippen LogP contribution in [-0.4, -0.2) is 26.3 Å². The molecule has 1 N–H and O–H groups in total. The average Bonchev–Trinajstić information content (AvgIpc) is 3.07. The van der Waals surface area contributed by atoms with Crippen molar-refractivity contribution in [1.82, 2.24) is 19.7 Å². The molecule has 2 heterocycles. The molecule has 0 aliphatic rings. The van der Waals surface area contributed by atoms with Gasteiger partial charge in [-0.3, -0.25) is 0 Å².